The number of hydrogen-bond donors (Lipinski definition) is 1. The zero-order chi connectivity index (χ0) is 21.9. The van der Waals surface area contributed by atoms with E-state index in [0.717, 1.165) is 48.3 Å². The first-order valence-electron chi connectivity index (χ1n) is 12.0. The van der Waals surface area contributed by atoms with Crippen LogP contribution in [0.2, 0.25) is 0 Å². The Kier molecular flexibility index (Phi) is 5.12. The number of benzene rings is 1. The van der Waals surface area contributed by atoms with Gasteiger partial charge in [0.05, 0.1) is 4.90 Å². The van der Waals surface area contributed by atoms with Crippen molar-refractivity contribution in [3.63, 3.8) is 0 Å². The fourth-order valence-corrected chi connectivity index (χ4v) is 8.39. The van der Waals surface area contributed by atoms with E-state index in [1.54, 1.807) is 12.1 Å². The number of rotatable bonds is 3. The first-order chi connectivity index (χ1) is 14.7. The average Bonchev–Trinajstić information content (AvgIpc) is 3.14. The lowest BCUT2D eigenvalue weighted by Gasteiger charge is -2.59. The lowest BCUT2D eigenvalue weighted by atomic mass is 9.45. The van der Waals surface area contributed by atoms with Crippen molar-refractivity contribution >= 4 is 15.7 Å². The molecule has 0 saturated heterocycles. The molecule has 3 saturated carbocycles. The lowest BCUT2D eigenvalue weighted by molar-refractivity contribution is -0.0853. The van der Waals surface area contributed by atoms with Crippen molar-refractivity contribution in [3.05, 3.63) is 42.0 Å². The minimum absolute atomic E-state index is 0.277. The van der Waals surface area contributed by atoms with Crippen molar-refractivity contribution in [1.29, 1.82) is 0 Å². The number of allylic oxidation sites excluding steroid dienone is 2. The molecular weight excluding hydrogens is 404 g/mol. The van der Waals surface area contributed by atoms with Crippen LogP contribution >= 0.6 is 0 Å². The van der Waals surface area contributed by atoms with Gasteiger partial charge in [-0.05, 0) is 105 Å². The molecule has 5 heteroatoms. The summed E-state index contributed by atoms with van der Waals surface area (Å²) < 4.78 is 25.3. The summed E-state index contributed by atoms with van der Waals surface area (Å²) in [5.74, 6) is 3.13. The molecule has 31 heavy (non-hydrogen) atoms. The summed E-state index contributed by atoms with van der Waals surface area (Å²) in [5.41, 5.74) is 2.88. The standard InChI is InChI=1S/C26H36N2O2S/c1-18-6-9-21(10-7-18)31(29,30)28-27-20-12-16-26(3)19(17-20)8-11-22-23-5-4-14-25(23,2)15-13-24(22)26/h4,6-7,9-10,14,19,22-24,28H,5,8,11-13,15-17H2,1-3H3/b27-20-/t19-,22-,23+,24+,25-,26-/m0/s1. The molecule has 0 amide bonds. The van der Waals surface area contributed by atoms with Crippen molar-refractivity contribution in [1.82, 2.24) is 4.83 Å². The Labute approximate surface area is 187 Å². The van der Waals surface area contributed by atoms with Crippen molar-refractivity contribution in [2.24, 2.45) is 39.6 Å². The van der Waals surface area contributed by atoms with E-state index in [0.29, 0.717) is 16.7 Å². The predicted octanol–water partition coefficient (Wildman–Crippen LogP) is 5.84. The molecule has 5 rings (SSSR count). The Morgan fingerprint density at radius 1 is 1.03 bits per heavy atom. The van der Waals surface area contributed by atoms with Crippen molar-refractivity contribution in [2.75, 3.05) is 0 Å². The van der Waals surface area contributed by atoms with Gasteiger partial charge in [-0.1, -0.05) is 43.7 Å². The van der Waals surface area contributed by atoms with Crippen LogP contribution in [0.4, 0.5) is 0 Å². The van der Waals surface area contributed by atoms with Crippen LogP contribution in [0.15, 0.2) is 46.4 Å². The molecule has 0 spiro atoms. The van der Waals surface area contributed by atoms with E-state index in [-0.39, 0.29) is 4.90 Å². The maximum Gasteiger partial charge on any atom is 0.276 e. The van der Waals surface area contributed by atoms with Crippen molar-refractivity contribution in [3.8, 4) is 0 Å². The Balaban J connectivity index is 1.29. The SMILES string of the molecule is Cc1ccc(S(=O)(=O)N/N=C2/CC[C@@]3(C)[C@@H](CC[C@@H]4[C@H]3CC[C@]3(C)C=CC[C@H]43)C2)cc1. The van der Waals surface area contributed by atoms with Crippen LogP contribution < -0.4 is 4.83 Å². The molecule has 1 N–H and O–H groups in total. The number of nitrogens with one attached hydrogen (secondary N) is 1. The largest absolute Gasteiger partial charge is 0.276 e. The number of hydrogen-bond acceptors (Lipinski definition) is 3. The van der Waals surface area contributed by atoms with Crippen molar-refractivity contribution in [2.45, 2.75) is 77.0 Å². The van der Waals surface area contributed by atoms with E-state index in [1.807, 2.05) is 19.1 Å². The summed E-state index contributed by atoms with van der Waals surface area (Å²) in [6.07, 6.45) is 14.5. The molecule has 0 heterocycles. The van der Waals surface area contributed by atoms with Gasteiger partial charge in [0.2, 0.25) is 0 Å². The third-order valence-electron chi connectivity index (χ3n) is 9.48. The highest BCUT2D eigenvalue weighted by Gasteiger charge is 2.56. The summed E-state index contributed by atoms with van der Waals surface area (Å²) in [7, 11) is -3.60. The Morgan fingerprint density at radius 3 is 2.58 bits per heavy atom. The van der Waals surface area contributed by atoms with Gasteiger partial charge in [-0.2, -0.15) is 13.5 Å². The molecule has 0 radical (unpaired) electrons. The zero-order valence-electron chi connectivity index (χ0n) is 19.1. The van der Waals surface area contributed by atoms with Crippen LogP contribution in [0.3, 0.4) is 0 Å². The van der Waals surface area contributed by atoms with Crippen LogP contribution in [-0.2, 0) is 10.0 Å². The first kappa shape index (κ1) is 21.2. The van der Waals surface area contributed by atoms with Crippen LogP contribution in [0.1, 0.15) is 70.8 Å². The monoisotopic (exact) mass is 440 g/mol. The van der Waals surface area contributed by atoms with Gasteiger partial charge in [-0.25, -0.2) is 4.83 Å². The molecule has 1 aromatic carbocycles. The van der Waals surface area contributed by atoms with Crippen LogP contribution in [0.5, 0.6) is 0 Å². The minimum atomic E-state index is -3.60. The van der Waals surface area contributed by atoms with E-state index >= 15 is 0 Å². The maximum absolute atomic E-state index is 12.6. The summed E-state index contributed by atoms with van der Waals surface area (Å²) >= 11 is 0. The summed E-state index contributed by atoms with van der Waals surface area (Å²) in [4.78, 5) is 2.79. The smallest absolute Gasteiger partial charge is 0.200 e. The predicted molar refractivity (Wildman–Crippen MR) is 125 cm³/mol. The van der Waals surface area contributed by atoms with Gasteiger partial charge < -0.3 is 0 Å². The second kappa shape index (κ2) is 7.47. The van der Waals surface area contributed by atoms with Gasteiger partial charge in [0.1, 0.15) is 0 Å². The molecule has 4 nitrogen and oxygen atoms in total. The average molecular weight is 441 g/mol. The molecule has 6 atom stereocenters. The highest BCUT2D eigenvalue weighted by atomic mass is 32.2. The van der Waals surface area contributed by atoms with Crippen molar-refractivity contribution < 1.29 is 8.42 Å². The number of sulfonamides is 1. The van der Waals surface area contributed by atoms with E-state index in [2.05, 4.69) is 35.9 Å². The quantitative estimate of drug-likeness (QED) is 0.474. The fourth-order valence-electron chi connectivity index (χ4n) is 7.54. The number of nitrogens with zero attached hydrogens (tertiary/aromatic N) is 1. The summed E-state index contributed by atoms with van der Waals surface area (Å²) in [5, 5.41) is 4.41. The molecule has 4 aliphatic carbocycles. The van der Waals surface area contributed by atoms with Crippen LogP contribution in [0, 0.1) is 41.4 Å². The molecule has 1 aromatic rings. The molecule has 0 aliphatic heterocycles. The van der Waals surface area contributed by atoms with Gasteiger partial charge >= 0.3 is 0 Å². The summed E-state index contributed by atoms with van der Waals surface area (Å²) in [6, 6.07) is 6.93. The molecule has 0 aromatic heterocycles. The topological polar surface area (TPSA) is 58.5 Å². The number of aryl methyl sites for hydroxylation is 1. The maximum atomic E-state index is 12.6. The number of hydrazone groups is 1. The second-order valence-corrected chi connectivity index (χ2v) is 12.8. The van der Waals surface area contributed by atoms with E-state index in [1.165, 1.54) is 32.1 Å². The van der Waals surface area contributed by atoms with Crippen LogP contribution in [0.25, 0.3) is 0 Å². The lowest BCUT2D eigenvalue weighted by Crippen LogP contribution is -2.52. The van der Waals surface area contributed by atoms with Crippen LogP contribution in [-0.4, -0.2) is 14.1 Å². The van der Waals surface area contributed by atoms with Gasteiger partial charge in [-0.15, -0.1) is 0 Å². The molecular formula is C26H36N2O2S. The molecule has 3 fully saturated rings. The zero-order valence-corrected chi connectivity index (χ0v) is 19.9. The second-order valence-electron chi connectivity index (χ2n) is 11.1. The van der Waals surface area contributed by atoms with E-state index < -0.39 is 10.0 Å². The first-order valence-corrected chi connectivity index (χ1v) is 13.5. The van der Waals surface area contributed by atoms with Gasteiger partial charge in [0.15, 0.2) is 0 Å². The third-order valence-corrected chi connectivity index (χ3v) is 10.7. The molecule has 0 bridgehead atoms. The Hall–Kier alpha value is -1.62. The van der Waals surface area contributed by atoms with Gasteiger partial charge in [0.25, 0.3) is 10.0 Å². The van der Waals surface area contributed by atoms with E-state index in [9.17, 15) is 8.42 Å². The van der Waals surface area contributed by atoms with Gasteiger partial charge in [-0.3, -0.25) is 0 Å². The minimum Gasteiger partial charge on any atom is -0.200 e. The summed E-state index contributed by atoms with van der Waals surface area (Å²) in [6.45, 7) is 6.97. The number of fused-ring (bicyclic) bond motifs is 5. The third kappa shape index (κ3) is 3.57. The Morgan fingerprint density at radius 2 is 1.81 bits per heavy atom. The van der Waals surface area contributed by atoms with E-state index in [4.69, 9.17) is 0 Å². The Bertz CT molecular complexity index is 1010. The molecule has 0 unspecified atom stereocenters. The fraction of sp³-hybridized carbons (Fsp3) is 0.654. The normalized spacial score (nSPS) is 40.8. The highest BCUT2D eigenvalue weighted by Crippen LogP contribution is 2.64. The highest BCUT2D eigenvalue weighted by molar-refractivity contribution is 7.89. The molecule has 4 aliphatic rings. The molecule has 168 valence electrons. The van der Waals surface area contributed by atoms with Gasteiger partial charge in [0, 0.05) is 5.71 Å².